The minimum atomic E-state index is 0.00396. The molecule has 3 rings (SSSR count). The summed E-state index contributed by atoms with van der Waals surface area (Å²) in [6.45, 7) is 0.673. The van der Waals surface area contributed by atoms with Gasteiger partial charge in [-0.05, 0) is 23.6 Å². The summed E-state index contributed by atoms with van der Waals surface area (Å²) in [5.41, 5.74) is 0. The van der Waals surface area contributed by atoms with Crippen molar-refractivity contribution in [2.75, 3.05) is 18.1 Å². The fourth-order valence-corrected chi connectivity index (χ4v) is 4.51. The maximum Gasteiger partial charge on any atom is 0.230 e. The van der Waals surface area contributed by atoms with E-state index in [4.69, 9.17) is 4.42 Å². The Hall–Kier alpha value is -1.71. The second kappa shape index (κ2) is 9.12. The number of hydrogen-bond donors (Lipinski definition) is 1. The summed E-state index contributed by atoms with van der Waals surface area (Å²) >= 11 is 4.95. The van der Waals surface area contributed by atoms with E-state index >= 15 is 0 Å². The molecular weight excluding hydrogens is 376 g/mol. The Morgan fingerprint density at radius 2 is 2.28 bits per heavy atom. The third-order valence-corrected chi connectivity index (χ3v) is 6.39. The van der Waals surface area contributed by atoms with Gasteiger partial charge in [0.1, 0.15) is 0 Å². The summed E-state index contributed by atoms with van der Waals surface area (Å²) in [6.07, 6.45) is 1.60. The van der Waals surface area contributed by atoms with Crippen molar-refractivity contribution in [2.45, 2.75) is 10.9 Å². The van der Waals surface area contributed by atoms with E-state index in [1.54, 1.807) is 23.7 Å². The van der Waals surface area contributed by atoms with Gasteiger partial charge in [0, 0.05) is 30.0 Å². The Bertz CT molecular complexity index is 785. The molecule has 1 N–H and O–H groups in total. The number of carbonyl (C=O) groups excluding carboxylic acids is 1. The van der Waals surface area contributed by atoms with Crippen LogP contribution in [0.2, 0.25) is 0 Å². The van der Waals surface area contributed by atoms with Crippen molar-refractivity contribution < 1.29 is 9.21 Å². The van der Waals surface area contributed by atoms with Crippen molar-refractivity contribution in [1.82, 2.24) is 20.1 Å². The summed E-state index contributed by atoms with van der Waals surface area (Å²) in [5.74, 6) is 3.54. The van der Waals surface area contributed by atoms with Crippen molar-refractivity contribution in [3.63, 3.8) is 0 Å². The third-order valence-electron chi connectivity index (χ3n) is 3.30. The third kappa shape index (κ3) is 5.13. The van der Waals surface area contributed by atoms with E-state index in [0.717, 1.165) is 11.5 Å². The van der Waals surface area contributed by atoms with Crippen LogP contribution in [0.4, 0.5) is 0 Å². The number of aromatic nitrogens is 3. The highest BCUT2D eigenvalue weighted by Crippen LogP contribution is 2.22. The molecule has 0 bridgehead atoms. The fourth-order valence-electron chi connectivity index (χ4n) is 2.07. The van der Waals surface area contributed by atoms with Crippen LogP contribution in [0.5, 0.6) is 0 Å². The highest BCUT2D eigenvalue weighted by atomic mass is 32.2. The van der Waals surface area contributed by atoms with Crippen LogP contribution in [0.15, 0.2) is 45.5 Å². The molecular formula is C16H18N4O2S3. The second-order valence-electron chi connectivity index (χ2n) is 5.11. The smallest absolute Gasteiger partial charge is 0.230 e. The monoisotopic (exact) mass is 394 g/mol. The van der Waals surface area contributed by atoms with Crippen LogP contribution >= 0.6 is 34.9 Å². The van der Waals surface area contributed by atoms with E-state index in [2.05, 4.69) is 33.0 Å². The van der Waals surface area contributed by atoms with E-state index in [-0.39, 0.29) is 5.91 Å². The van der Waals surface area contributed by atoms with E-state index in [9.17, 15) is 4.79 Å². The minimum Gasteiger partial charge on any atom is -0.461 e. The normalized spacial score (nSPS) is 10.9. The summed E-state index contributed by atoms with van der Waals surface area (Å²) < 4.78 is 7.16. The zero-order chi connectivity index (χ0) is 17.5. The maximum atomic E-state index is 11.9. The number of nitrogens with zero attached hydrogens (tertiary/aromatic N) is 3. The van der Waals surface area contributed by atoms with Crippen LogP contribution in [-0.4, -0.2) is 38.7 Å². The Labute approximate surface area is 158 Å². The highest BCUT2D eigenvalue weighted by Gasteiger charge is 2.14. The number of rotatable bonds is 9. The Morgan fingerprint density at radius 3 is 3.04 bits per heavy atom. The van der Waals surface area contributed by atoms with Crippen LogP contribution in [-0.2, 0) is 17.6 Å². The molecule has 0 radical (unpaired) electrons. The molecule has 0 unspecified atom stereocenters. The van der Waals surface area contributed by atoms with E-state index < -0.39 is 0 Å². The number of carbonyl (C=O) groups is 1. The summed E-state index contributed by atoms with van der Waals surface area (Å²) in [7, 11) is 1.86. The predicted octanol–water partition coefficient (Wildman–Crippen LogP) is 3.28. The van der Waals surface area contributed by atoms with Crippen molar-refractivity contribution in [1.29, 1.82) is 0 Å². The van der Waals surface area contributed by atoms with Gasteiger partial charge >= 0.3 is 0 Å². The lowest BCUT2D eigenvalue weighted by Crippen LogP contribution is -2.27. The van der Waals surface area contributed by atoms with Gasteiger partial charge in [-0.3, -0.25) is 4.79 Å². The first-order chi connectivity index (χ1) is 12.2. The molecule has 0 aliphatic heterocycles. The van der Waals surface area contributed by atoms with Crippen molar-refractivity contribution in [3.8, 4) is 11.6 Å². The molecule has 1 amide bonds. The molecule has 3 aromatic heterocycles. The topological polar surface area (TPSA) is 73.0 Å². The molecule has 0 fully saturated rings. The number of nitrogens with one attached hydrogen (secondary N) is 1. The molecule has 3 heterocycles. The van der Waals surface area contributed by atoms with Crippen LogP contribution in [0.1, 0.15) is 4.88 Å². The molecule has 0 saturated carbocycles. The van der Waals surface area contributed by atoms with Gasteiger partial charge in [-0.2, -0.15) is 11.8 Å². The lowest BCUT2D eigenvalue weighted by atomic mass is 10.4. The SMILES string of the molecule is Cn1c(SCC(=O)NCCSCc2cccs2)nnc1-c1ccco1. The van der Waals surface area contributed by atoms with Gasteiger partial charge in [-0.15, -0.1) is 21.5 Å². The second-order valence-corrected chi connectivity index (χ2v) is 8.19. The van der Waals surface area contributed by atoms with E-state index in [1.165, 1.54) is 16.6 Å². The molecule has 3 aromatic rings. The van der Waals surface area contributed by atoms with Crippen LogP contribution in [0.25, 0.3) is 11.6 Å². The molecule has 0 atom stereocenters. The number of thioether (sulfide) groups is 2. The molecule has 132 valence electrons. The minimum absolute atomic E-state index is 0.00396. The number of amides is 1. The van der Waals surface area contributed by atoms with Gasteiger partial charge in [0.25, 0.3) is 0 Å². The fraction of sp³-hybridized carbons (Fsp3) is 0.312. The lowest BCUT2D eigenvalue weighted by Gasteiger charge is -2.05. The molecule has 0 spiro atoms. The first-order valence-corrected chi connectivity index (χ1v) is 10.7. The quantitative estimate of drug-likeness (QED) is 0.444. The zero-order valence-electron chi connectivity index (χ0n) is 13.7. The highest BCUT2D eigenvalue weighted by molar-refractivity contribution is 7.99. The average molecular weight is 395 g/mol. The van der Waals surface area contributed by atoms with Crippen LogP contribution < -0.4 is 5.32 Å². The molecule has 0 aromatic carbocycles. The summed E-state index contributed by atoms with van der Waals surface area (Å²) in [6, 6.07) is 7.83. The van der Waals surface area contributed by atoms with Gasteiger partial charge in [0.05, 0.1) is 12.0 Å². The zero-order valence-corrected chi connectivity index (χ0v) is 16.1. The molecule has 0 aliphatic rings. The largest absolute Gasteiger partial charge is 0.461 e. The van der Waals surface area contributed by atoms with Crippen LogP contribution in [0.3, 0.4) is 0 Å². The van der Waals surface area contributed by atoms with Gasteiger partial charge in [-0.1, -0.05) is 17.8 Å². The Balaban J connectivity index is 1.36. The van der Waals surface area contributed by atoms with Gasteiger partial charge in [0.2, 0.25) is 5.91 Å². The van der Waals surface area contributed by atoms with E-state index in [0.29, 0.717) is 29.0 Å². The first kappa shape index (κ1) is 18.1. The number of furan rings is 1. The van der Waals surface area contributed by atoms with Gasteiger partial charge < -0.3 is 14.3 Å². The average Bonchev–Trinajstić information content (AvgIpc) is 3.35. The molecule has 6 nitrogen and oxygen atoms in total. The maximum absolute atomic E-state index is 11.9. The van der Waals surface area contributed by atoms with Gasteiger partial charge in [-0.25, -0.2) is 0 Å². The van der Waals surface area contributed by atoms with Crippen molar-refractivity contribution >= 4 is 40.8 Å². The first-order valence-electron chi connectivity index (χ1n) is 7.67. The molecule has 25 heavy (non-hydrogen) atoms. The standard InChI is InChI=1S/C16H18N4O2S3/c1-20-15(13-5-2-7-22-13)18-19-16(20)25-11-14(21)17-6-9-23-10-12-4-3-8-24-12/h2-5,7-8H,6,9-11H2,1H3,(H,17,21). The predicted molar refractivity (Wildman–Crippen MR) is 103 cm³/mol. The summed E-state index contributed by atoms with van der Waals surface area (Å²) in [5, 5.41) is 13.9. The molecule has 0 saturated heterocycles. The molecule has 0 aliphatic carbocycles. The van der Waals surface area contributed by atoms with E-state index in [1.807, 2.05) is 29.4 Å². The van der Waals surface area contributed by atoms with Crippen molar-refractivity contribution in [2.24, 2.45) is 7.05 Å². The number of hydrogen-bond acceptors (Lipinski definition) is 7. The Morgan fingerprint density at radius 1 is 1.36 bits per heavy atom. The van der Waals surface area contributed by atoms with Crippen LogP contribution in [0, 0.1) is 0 Å². The van der Waals surface area contributed by atoms with Crippen molar-refractivity contribution in [3.05, 3.63) is 40.8 Å². The van der Waals surface area contributed by atoms with Gasteiger partial charge in [0.15, 0.2) is 16.7 Å². The number of thiophene rings is 1. The molecule has 9 heteroatoms. The Kier molecular flexibility index (Phi) is 6.60. The lowest BCUT2D eigenvalue weighted by molar-refractivity contribution is -0.118. The summed E-state index contributed by atoms with van der Waals surface area (Å²) in [4.78, 5) is 13.3.